The molecule has 1 N–H and O–H groups in total. The summed E-state index contributed by atoms with van der Waals surface area (Å²) < 4.78 is 28.8. The van der Waals surface area contributed by atoms with Gasteiger partial charge in [-0.25, -0.2) is 0 Å². The first-order chi connectivity index (χ1) is 11.4. The van der Waals surface area contributed by atoms with Crippen molar-refractivity contribution in [1.82, 2.24) is 18.8 Å². The molecule has 1 heterocycles. The van der Waals surface area contributed by atoms with Crippen molar-refractivity contribution in [2.24, 2.45) is 5.92 Å². The van der Waals surface area contributed by atoms with Crippen molar-refractivity contribution < 1.29 is 13.2 Å². The maximum absolute atomic E-state index is 12.8. The molecule has 0 bridgehead atoms. The molecule has 1 unspecified atom stereocenters. The molecule has 2 fully saturated rings. The molecule has 1 aliphatic carbocycles. The van der Waals surface area contributed by atoms with Crippen LogP contribution in [0.3, 0.4) is 0 Å². The molecular weight excluding hydrogens is 328 g/mol. The van der Waals surface area contributed by atoms with Gasteiger partial charge in [-0.1, -0.05) is 26.2 Å². The predicted molar refractivity (Wildman–Crippen MR) is 94.8 cm³/mol. The number of hydrogen-bond donors (Lipinski definition) is 1. The molecule has 2 rings (SSSR count). The van der Waals surface area contributed by atoms with Crippen molar-refractivity contribution in [3.05, 3.63) is 0 Å². The Morgan fingerprint density at radius 3 is 2.29 bits per heavy atom. The van der Waals surface area contributed by atoms with E-state index in [9.17, 15) is 13.2 Å². The Balaban J connectivity index is 1.91. The third-order valence-corrected chi connectivity index (χ3v) is 7.31. The summed E-state index contributed by atoms with van der Waals surface area (Å²) >= 11 is 0. The lowest BCUT2D eigenvalue weighted by Crippen LogP contribution is -2.56. The zero-order valence-electron chi connectivity index (χ0n) is 15.2. The van der Waals surface area contributed by atoms with Crippen molar-refractivity contribution in [2.45, 2.75) is 45.1 Å². The molecule has 1 atom stereocenters. The minimum atomic E-state index is -3.42. The monoisotopic (exact) mass is 360 g/mol. The smallest absolute Gasteiger partial charge is 0.282 e. The van der Waals surface area contributed by atoms with Crippen molar-refractivity contribution in [3.8, 4) is 0 Å². The highest BCUT2D eigenvalue weighted by atomic mass is 32.2. The number of amides is 1. The molecule has 1 aliphatic heterocycles. The Hall–Kier alpha value is -0.700. The molecule has 1 amide bonds. The summed E-state index contributed by atoms with van der Waals surface area (Å²) in [4.78, 5) is 14.1. The topological polar surface area (TPSA) is 73.0 Å². The molecule has 7 nitrogen and oxygen atoms in total. The summed E-state index contributed by atoms with van der Waals surface area (Å²) in [5, 5.41) is 3.01. The zero-order valence-corrected chi connectivity index (χ0v) is 16.0. The molecule has 8 heteroatoms. The van der Waals surface area contributed by atoms with Gasteiger partial charge in [0.25, 0.3) is 10.2 Å². The fourth-order valence-electron chi connectivity index (χ4n) is 3.66. The summed E-state index contributed by atoms with van der Waals surface area (Å²) in [7, 11) is 0.110. The van der Waals surface area contributed by atoms with Gasteiger partial charge in [-0.05, 0) is 19.9 Å². The van der Waals surface area contributed by atoms with Crippen molar-refractivity contribution in [2.75, 3.05) is 46.8 Å². The number of nitrogens with one attached hydrogen (secondary N) is 1. The molecule has 0 aromatic heterocycles. The number of carbonyl (C=O) groups excluding carboxylic acids is 1. The van der Waals surface area contributed by atoms with Gasteiger partial charge in [0.05, 0.1) is 0 Å². The van der Waals surface area contributed by atoms with E-state index in [1.807, 2.05) is 14.0 Å². The van der Waals surface area contributed by atoms with Gasteiger partial charge in [0.2, 0.25) is 5.91 Å². The SMILES string of the molecule is CNCC(C)C(=O)N1CCN(S(=O)(=O)N(C)C2CCCCC2)CC1. The number of nitrogens with zero attached hydrogens (tertiary/aromatic N) is 3. The number of hydrogen-bond acceptors (Lipinski definition) is 4. The fraction of sp³-hybridized carbons (Fsp3) is 0.938. The fourth-order valence-corrected chi connectivity index (χ4v) is 5.24. The van der Waals surface area contributed by atoms with Gasteiger partial charge in [-0.15, -0.1) is 0 Å². The predicted octanol–water partition coefficient (Wildman–Crippen LogP) is 0.495. The second-order valence-corrected chi connectivity index (χ2v) is 8.99. The van der Waals surface area contributed by atoms with Crippen LogP contribution in [-0.4, -0.2) is 80.7 Å². The molecule has 0 radical (unpaired) electrons. The van der Waals surface area contributed by atoms with Crippen LogP contribution in [0.4, 0.5) is 0 Å². The van der Waals surface area contributed by atoms with E-state index in [0.29, 0.717) is 32.7 Å². The quantitative estimate of drug-likeness (QED) is 0.748. The molecular formula is C16H32N4O3S. The van der Waals surface area contributed by atoms with Gasteiger partial charge in [0.15, 0.2) is 0 Å². The first-order valence-corrected chi connectivity index (χ1v) is 10.4. The second-order valence-electron chi connectivity index (χ2n) is 7.00. The lowest BCUT2D eigenvalue weighted by atomic mass is 9.96. The zero-order chi connectivity index (χ0) is 17.7. The summed E-state index contributed by atoms with van der Waals surface area (Å²) in [5.41, 5.74) is 0. The van der Waals surface area contributed by atoms with Crippen molar-refractivity contribution >= 4 is 16.1 Å². The van der Waals surface area contributed by atoms with E-state index in [0.717, 1.165) is 25.7 Å². The summed E-state index contributed by atoms with van der Waals surface area (Å²) in [6, 6.07) is 0.124. The van der Waals surface area contributed by atoms with Crippen LogP contribution >= 0.6 is 0 Å². The Bertz CT molecular complexity index is 511. The van der Waals surface area contributed by atoms with Crippen LogP contribution in [0, 0.1) is 5.92 Å². The van der Waals surface area contributed by atoms with E-state index in [2.05, 4.69) is 5.32 Å². The molecule has 0 spiro atoms. The van der Waals surface area contributed by atoms with Crippen LogP contribution in [0.15, 0.2) is 0 Å². The van der Waals surface area contributed by atoms with Crippen LogP contribution in [0.5, 0.6) is 0 Å². The molecule has 0 aromatic carbocycles. The third-order valence-electron chi connectivity index (χ3n) is 5.26. The largest absolute Gasteiger partial charge is 0.340 e. The van der Waals surface area contributed by atoms with Crippen LogP contribution in [0.25, 0.3) is 0 Å². The second kappa shape index (κ2) is 8.60. The highest BCUT2D eigenvalue weighted by Crippen LogP contribution is 2.25. The third kappa shape index (κ3) is 4.47. The summed E-state index contributed by atoms with van der Waals surface area (Å²) in [6.45, 7) is 4.27. The average molecular weight is 361 g/mol. The van der Waals surface area contributed by atoms with E-state index in [1.54, 1.807) is 16.3 Å². The highest BCUT2D eigenvalue weighted by molar-refractivity contribution is 7.86. The van der Waals surface area contributed by atoms with E-state index in [-0.39, 0.29) is 17.9 Å². The van der Waals surface area contributed by atoms with E-state index in [1.165, 1.54) is 10.7 Å². The van der Waals surface area contributed by atoms with E-state index >= 15 is 0 Å². The Morgan fingerprint density at radius 1 is 1.17 bits per heavy atom. The van der Waals surface area contributed by atoms with E-state index < -0.39 is 10.2 Å². The van der Waals surface area contributed by atoms with Gasteiger partial charge in [0.1, 0.15) is 0 Å². The van der Waals surface area contributed by atoms with Crippen molar-refractivity contribution in [1.29, 1.82) is 0 Å². The molecule has 24 heavy (non-hydrogen) atoms. The van der Waals surface area contributed by atoms with Gasteiger partial charge >= 0.3 is 0 Å². The molecule has 1 saturated heterocycles. The van der Waals surface area contributed by atoms with Gasteiger partial charge in [-0.3, -0.25) is 4.79 Å². The minimum absolute atomic E-state index is 0.0805. The first kappa shape index (κ1) is 19.6. The van der Waals surface area contributed by atoms with Crippen molar-refractivity contribution in [3.63, 3.8) is 0 Å². The number of rotatable bonds is 6. The first-order valence-electron chi connectivity index (χ1n) is 9.04. The number of piperazine rings is 1. The lowest BCUT2D eigenvalue weighted by Gasteiger charge is -2.39. The molecule has 1 saturated carbocycles. The van der Waals surface area contributed by atoms with Gasteiger partial charge < -0.3 is 10.2 Å². The Morgan fingerprint density at radius 2 is 1.75 bits per heavy atom. The van der Waals surface area contributed by atoms with Crippen LogP contribution in [-0.2, 0) is 15.0 Å². The maximum Gasteiger partial charge on any atom is 0.282 e. The van der Waals surface area contributed by atoms with Gasteiger partial charge in [0, 0.05) is 51.7 Å². The standard InChI is InChI=1S/C16H32N4O3S/c1-14(13-17-2)16(21)19-9-11-20(12-10-19)24(22,23)18(3)15-7-5-4-6-8-15/h14-15,17H,4-13H2,1-3H3. The Kier molecular flexibility index (Phi) is 7.03. The van der Waals surface area contributed by atoms with Crippen LogP contribution < -0.4 is 5.32 Å². The normalized spacial score (nSPS) is 22.8. The molecule has 0 aromatic rings. The Labute approximate surface area is 146 Å². The molecule has 2 aliphatic rings. The van der Waals surface area contributed by atoms with Crippen LogP contribution in [0.1, 0.15) is 39.0 Å². The average Bonchev–Trinajstić information content (AvgIpc) is 2.61. The lowest BCUT2D eigenvalue weighted by molar-refractivity contribution is -0.136. The summed E-state index contributed by atoms with van der Waals surface area (Å²) in [6.07, 6.45) is 5.33. The van der Waals surface area contributed by atoms with E-state index in [4.69, 9.17) is 0 Å². The molecule has 140 valence electrons. The highest BCUT2D eigenvalue weighted by Gasteiger charge is 2.35. The van der Waals surface area contributed by atoms with Crippen LogP contribution in [0.2, 0.25) is 0 Å². The minimum Gasteiger partial charge on any atom is -0.340 e. The maximum atomic E-state index is 12.8. The van der Waals surface area contributed by atoms with Gasteiger partial charge in [-0.2, -0.15) is 17.0 Å². The summed E-state index contributed by atoms with van der Waals surface area (Å²) in [5.74, 6) is 0.0186. The number of carbonyl (C=O) groups is 1.